The number of ether oxygens (including phenoxy) is 1. The lowest BCUT2D eigenvalue weighted by molar-refractivity contribution is -0.135. The van der Waals surface area contributed by atoms with Gasteiger partial charge in [0.25, 0.3) is 5.91 Å². The number of rotatable bonds is 5. The Morgan fingerprint density at radius 1 is 1.30 bits per heavy atom. The van der Waals surface area contributed by atoms with Crippen molar-refractivity contribution in [3.05, 3.63) is 57.5 Å². The Morgan fingerprint density at radius 2 is 1.96 bits per heavy atom. The molecule has 0 saturated carbocycles. The summed E-state index contributed by atoms with van der Waals surface area (Å²) in [6, 6.07) is 12.1. The van der Waals surface area contributed by atoms with E-state index in [1.807, 2.05) is 19.1 Å². The maximum atomic E-state index is 12.2. The minimum atomic E-state index is -1.67. The van der Waals surface area contributed by atoms with E-state index >= 15 is 0 Å². The predicted octanol–water partition coefficient (Wildman–Crippen LogP) is 4.18. The third kappa shape index (κ3) is 4.96. The fraction of sp³-hybridized carbons (Fsp3) is 0.235. The molecule has 0 aliphatic heterocycles. The molecule has 0 heterocycles. The predicted molar refractivity (Wildman–Crippen MR) is 95.1 cm³/mol. The number of amides is 1. The van der Waals surface area contributed by atoms with E-state index in [1.54, 1.807) is 30.3 Å². The summed E-state index contributed by atoms with van der Waals surface area (Å²) in [7, 11) is 0. The third-order valence-corrected chi connectivity index (χ3v) is 4.38. The first-order valence-corrected chi connectivity index (χ1v) is 8.13. The Hall–Kier alpha value is -1.56. The van der Waals surface area contributed by atoms with Gasteiger partial charge in [-0.25, -0.2) is 0 Å². The molecule has 1 amide bonds. The van der Waals surface area contributed by atoms with Gasteiger partial charge in [-0.05, 0) is 61.9 Å². The Morgan fingerprint density at radius 3 is 2.57 bits per heavy atom. The summed E-state index contributed by atoms with van der Waals surface area (Å²) in [5.74, 6) is -0.00449. The van der Waals surface area contributed by atoms with Gasteiger partial charge in [-0.2, -0.15) is 0 Å². The van der Waals surface area contributed by atoms with Gasteiger partial charge in [0.2, 0.25) is 0 Å². The first-order chi connectivity index (χ1) is 10.8. The van der Waals surface area contributed by atoms with Crippen LogP contribution in [0.5, 0.6) is 5.75 Å². The lowest BCUT2D eigenvalue weighted by Crippen LogP contribution is -2.45. The van der Waals surface area contributed by atoms with Crippen molar-refractivity contribution in [3.8, 4) is 5.75 Å². The van der Waals surface area contributed by atoms with E-state index in [0.29, 0.717) is 16.5 Å². The van der Waals surface area contributed by atoms with E-state index in [-0.39, 0.29) is 6.61 Å². The molecule has 1 atom stereocenters. The van der Waals surface area contributed by atoms with E-state index < -0.39 is 11.5 Å². The van der Waals surface area contributed by atoms with Crippen LogP contribution in [0.3, 0.4) is 0 Å². The molecule has 0 aliphatic rings. The van der Waals surface area contributed by atoms with Crippen LogP contribution in [0.15, 0.2) is 46.9 Å². The van der Waals surface area contributed by atoms with Crippen molar-refractivity contribution in [2.75, 3.05) is 11.9 Å². The number of anilines is 1. The van der Waals surface area contributed by atoms with Gasteiger partial charge < -0.3 is 15.2 Å². The van der Waals surface area contributed by atoms with E-state index in [2.05, 4.69) is 21.2 Å². The summed E-state index contributed by atoms with van der Waals surface area (Å²) in [5, 5.41) is 13.6. The number of hydrogen-bond donors (Lipinski definition) is 2. The van der Waals surface area contributed by atoms with Crippen molar-refractivity contribution in [3.63, 3.8) is 0 Å². The van der Waals surface area contributed by atoms with Gasteiger partial charge in [0.05, 0.1) is 0 Å². The average Bonchev–Trinajstić information content (AvgIpc) is 2.50. The highest BCUT2D eigenvalue weighted by molar-refractivity contribution is 9.10. The van der Waals surface area contributed by atoms with E-state index in [1.165, 1.54) is 6.92 Å². The normalized spacial score (nSPS) is 13.3. The monoisotopic (exact) mass is 397 g/mol. The molecule has 0 aromatic heterocycles. The van der Waals surface area contributed by atoms with Crippen molar-refractivity contribution < 1.29 is 14.6 Å². The molecule has 0 radical (unpaired) electrons. The van der Waals surface area contributed by atoms with Gasteiger partial charge >= 0.3 is 0 Å². The van der Waals surface area contributed by atoms with E-state index in [9.17, 15) is 9.90 Å². The second-order valence-corrected chi connectivity index (χ2v) is 6.73. The maximum absolute atomic E-state index is 12.2. The summed E-state index contributed by atoms with van der Waals surface area (Å²) >= 11 is 9.19. The van der Waals surface area contributed by atoms with Gasteiger partial charge in [-0.15, -0.1) is 0 Å². The Balaban J connectivity index is 1.98. The molecule has 2 aromatic rings. The number of nitrogens with one attached hydrogen (secondary N) is 1. The van der Waals surface area contributed by atoms with Crippen LogP contribution in [0.25, 0.3) is 0 Å². The van der Waals surface area contributed by atoms with Gasteiger partial charge in [0.15, 0.2) is 5.60 Å². The number of hydrogen-bond acceptors (Lipinski definition) is 3. The number of benzene rings is 2. The summed E-state index contributed by atoms with van der Waals surface area (Å²) in [4.78, 5) is 12.2. The average molecular weight is 399 g/mol. The molecule has 0 fully saturated rings. The van der Waals surface area contributed by atoms with Crippen LogP contribution in [-0.4, -0.2) is 23.2 Å². The quantitative estimate of drug-likeness (QED) is 0.794. The molecule has 4 nitrogen and oxygen atoms in total. The van der Waals surface area contributed by atoms with Gasteiger partial charge in [0.1, 0.15) is 12.4 Å². The number of carbonyl (C=O) groups is 1. The summed E-state index contributed by atoms with van der Waals surface area (Å²) in [5.41, 5.74) is -0.0667. The molecule has 2 rings (SSSR count). The summed E-state index contributed by atoms with van der Waals surface area (Å²) < 4.78 is 6.40. The molecule has 122 valence electrons. The van der Waals surface area contributed by atoms with Crippen molar-refractivity contribution in [1.29, 1.82) is 0 Å². The maximum Gasteiger partial charge on any atom is 0.259 e. The van der Waals surface area contributed by atoms with Crippen LogP contribution in [0.4, 0.5) is 5.69 Å². The Bertz CT molecular complexity index is 701. The molecule has 23 heavy (non-hydrogen) atoms. The summed E-state index contributed by atoms with van der Waals surface area (Å²) in [6.45, 7) is 3.15. The molecule has 0 unspecified atom stereocenters. The van der Waals surface area contributed by atoms with Crippen LogP contribution in [-0.2, 0) is 4.79 Å². The lowest BCUT2D eigenvalue weighted by Gasteiger charge is -2.22. The zero-order valence-corrected chi connectivity index (χ0v) is 15.1. The first-order valence-electron chi connectivity index (χ1n) is 6.96. The Labute approximate surface area is 148 Å². The van der Waals surface area contributed by atoms with Crippen LogP contribution in [0.2, 0.25) is 5.02 Å². The highest BCUT2D eigenvalue weighted by Crippen LogP contribution is 2.21. The second-order valence-electron chi connectivity index (χ2n) is 5.43. The van der Waals surface area contributed by atoms with Crippen LogP contribution in [0, 0.1) is 6.92 Å². The largest absolute Gasteiger partial charge is 0.490 e. The molecular weight excluding hydrogens is 382 g/mol. The number of aryl methyl sites for hydroxylation is 1. The standard InChI is InChI=1S/C17H17BrClNO3/c1-11-9-13(5-8-15(11)18)20-16(21)17(2,22)10-23-14-6-3-12(19)4-7-14/h3-9,22H,10H2,1-2H3,(H,20,21)/t17-/m0/s1. The SMILES string of the molecule is Cc1cc(NC(=O)[C@@](C)(O)COc2ccc(Cl)cc2)ccc1Br. The summed E-state index contributed by atoms with van der Waals surface area (Å²) in [6.07, 6.45) is 0. The minimum absolute atomic E-state index is 0.171. The topological polar surface area (TPSA) is 58.6 Å². The molecule has 0 aliphatic carbocycles. The molecule has 0 spiro atoms. The first kappa shape index (κ1) is 17.8. The van der Waals surface area contributed by atoms with Gasteiger partial charge in [0, 0.05) is 15.2 Å². The fourth-order valence-electron chi connectivity index (χ4n) is 1.81. The molecule has 2 N–H and O–H groups in total. The van der Waals surface area contributed by atoms with Crippen molar-refractivity contribution in [2.24, 2.45) is 0 Å². The molecule has 2 aromatic carbocycles. The van der Waals surface area contributed by atoms with Gasteiger partial charge in [-0.1, -0.05) is 27.5 Å². The number of halogens is 2. The lowest BCUT2D eigenvalue weighted by atomic mass is 10.1. The van der Waals surface area contributed by atoms with Crippen molar-refractivity contribution in [2.45, 2.75) is 19.4 Å². The van der Waals surface area contributed by atoms with Gasteiger partial charge in [-0.3, -0.25) is 4.79 Å². The van der Waals surface area contributed by atoms with Crippen molar-refractivity contribution in [1.82, 2.24) is 0 Å². The van der Waals surface area contributed by atoms with E-state index in [4.69, 9.17) is 16.3 Å². The zero-order chi connectivity index (χ0) is 17.0. The highest BCUT2D eigenvalue weighted by atomic mass is 79.9. The van der Waals surface area contributed by atoms with Crippen LogP contribution in [0.1, 0.15) is 12.5 Å². The highest BCUT2D eigenvalue weighted by Gasteiger charge is 2.31. The Kier molecular flexibility index (Phi) is 5.68. The molecule has 0 bridgehead atoms. The van der Waals surface area contributed by atoms with E-state index in [0.717, 1.165) is 10.0 Å². The van der Waals surface area contributed by atoms with Crippen LogP contribution >= 0.6 is 27.5 Å². The zero-order valence-electron chi connectivity index (χ0n) is 12.8. The molecule has 0 saturated heterocycles. The smallest absolute Gasteiger partial charge is 0.259 e. The molecule has 6 heteroatoms. The molecular formula is C17H17BrClNO3. The second kappa shape index (κ2) is 7.34. The van der Waals surface area contributed by atoms with Crippen LogP contribution < -0.4 is 10.1 Å². The third-order valence-electron chi connectivity index (χ3n) is 3.24. The number of carbonyl (C=O) groups excluding carboxylic acids is 1. The fourth-order valence-corrected chi connectivity index (χ4v) is 2.18. The minimum Gasteiger partial charge on any atom is -0.490 e. The number of aliphatic hydroxyl groups is 1. The van der Waals surface area contributed by atoms with Crippen molar-refractivity contribution >= 4 is 39.1 Å².